The normalized spacial score (nSPS) is 17.8. The van der Waals surface area contributed by atoms with Crippen LogP contribution in [-0.4, -0.2) is 6.04 Å². The first-order chi connectivity index (χ1) is 8.47. The molecule has 100 valence electrons. The lowest BCUT2D eigenvalue weighted by molar-refractivity contribution is -0.137. The molecule has 5 heteroatoms. The van der Waals surface area contributed by atoms with Gasteiger partial charge in [0.15, 0.2) is 0 Å². The molecule has 0 heterocycles. The molecule has 0 aromatic heterocycles. The van der Waals surface area contributed by atoms with E-state index in [-0.39, 0.29) is 0 Å². The van der Waals surface area contributed by atoms with Crippen molar-refractivity contribution in [3.8, 4) is 0 Å². The van der Waals surface area contributed by atoms with E-state index in [2.05, 4.69) is 5.32 Å². The Hall–Kier alpha value is -0.460. The number of halogens is 4. The number of benzene rings is 1. The van der Waals surface area contributed by atoms with Crippen molar-refractivity contribution < 1.29 is 13.2 Å². The molecule has 0 aliphatic heterocycles. The zero-order valence-electron chi connectivity index (χ0n) is 9.86. The zero-order valence-corrected chi connectivity index (χ0v) is 12.0. The highest BCUT2D eigenvalue weighted by Gasteiger charge is 2.30. The van der Waals surface area contributed by atoms with E-state index < -0.39 is 11.7 Å². The second-order valence-electron chi connectivity index (χ2n) is 4.67. The Balaban J connectivity index is 2.09. The van der Waals surface area contributed by atoms with Crippen molar-refractivity contribution in [1.82, 2.24) is 0 Å². The molecule has 1 aromatic carbocycles. The van der Waals surface area contributed by atoms with E-state index in [9.17, 15) is 13.2 Å². The van der Waals surface area contributed by atoms with E-state index in [0.717, 1.165) is 24.6 Å². The Morgan fingerprint density at radius 1 is 1.11 bits per heavy atom. The van der Waals surface area contributed by atoms with Crippen molar-refractivity contribution >= 4 is 28.3 Å². The van der Waals surface area contributed by atoms with Crippen LogP contribution in [0.15, 0.2) is 18.2 Å². The fourth-order valence-corrected chi connectivity index (χ4v) is 2.95. The maximum atomic E-state index is 12.5. The quantitative estimate of drug-likeness (QED) is 0.719. The summed E-state index contributed by atoms with van der Waals surface area (Å²) in [4.78, 5) is 0. The van der Waals surface area contributed by atoms with E-state index in [1.807, 2.05) is 22.6 Å². The van der Waals surface area contributed by atoms with Gasteiger partial charge in [0.2, 0.25) is 0 Å². The van der Waals surface area contributed by atoms with Crippen molar-refractivity contribution in [3.63, 3.8) is 0 Å². The molecule has 1 nitrogen and oxygen atoms in total. The molecule has 1 aromatic rings. The lowest BCUT2D eigenvalue weighted by Crippen LogP contribution is -2.22. The molecular weight excluding hydrogens is 354 g/mol. The van der Waals surface area contributed by atoms with Gasteiger partial charge in [-0.25, -0.2) is 0 Å². The molecule has 1 aliphatic carbocycles. The summed E-state index contributed by atoms with van der Waals surface area (Å²) in [7, 11) is 0. The van der Waals surface area contributed by atoms with Gasteiger partial charge in [0.25, 0.3) is 0 Å². The van der Waals surface area contributed by atoms with Crippen LogP contribution in [0.25, 0.3) is 0 Å². The molecule has 1 aliphatic rings. The summed E-state index contributed by atoms with van der Waals surface area (Å²) >= 11 is 1.96. The van der Waals surface area contributed by atoms with Gasteiger partial charge in [-0.2, -0.15) is 13.2 Å². The number of rotatable bonds is 2. The maximum Gasteiger partial charge on any atom is 0.416 e. The molecule has 1 saturated carbocycles. The lowest BCUT2D eigenvalue weighted by atomic mass is 9.95. The molecule has 1 fully saturated rings. The van der Waals surface area contributed by atoms with Crippen LogP contribution in [0.4, 0.5) is 18.9 Å². The second-order valence-corrected chi connectivity index (χ2v) is 5.83. The predicted molar refractivity (Wildman–Crippen MR) is 74.7 cm³/mol. The van der Waals surface area contributed by atoms with Gasteiger partial charge in [-0.15, -0.1) is 0 Å². The zero-order chi connectivity index (χ0) is 13.2. The van der Waals surface area contributed by atoms with Gasteiger partial charge >= 0.3 is 6.18 Å². The van der Waals surface area contributed by atoms with Crippen LogP contribution in [0.3, 0.4) is 0 Å². The number of nitrogens with one attached hydrogen (secondary N) is 1. The van der Waals surface area contributed by atoms with E-state index >= 15 is 0 Å². The third kappa shape index (κ3) is 3.52. The Morgan fingerprint density at radius 3 is 2.33 bits per heavy atom. The number of anilines is 1. The Kier molecular flexibility index (Phi) is 4.40. The Morgan fingerprint density at radius 2 is 1.78 bits per heavy atom. The minimum Gasteiger partial charge on any atom is -0.381 e. The van der Waals surface area contributed by atoms with Crippen LogP contribution >= 0.6 is 22.6 Å². The smallest absolute Gasteiger partial charge is 0.381 e. The van der Waals surface area contributed by atoms with Crippen LogP contribution in [0.1, 0.15) is 37.7 Å². The standard InChI is InChI=1S/C13H15F3IN/c14-13(15,16)9-6-7-12(11(17)8-9)18-10-4-2-1-3-5-10/h6-8,10,18H,1-5H2. The van der Waals surface area contributed by atoms with Gasteiger partial charge in [0.05, 0.1) is 5.56 Å². The Bertz CT molecular complexity index is 411. The highest BCUT2D eigenvalue weighted by molar-refractivity contribution is 14.1. The minimum absolute atomic E-state index is 0.406. The molecule has 0 spiro atoms. The summed E-state index contributed by atoms with van der Waals surface area (Å²) in [6, 6.07) is 4.29. The summed E-state index contributed by atoms with van der Waals surface area (Å²) in [5, 5.41) is 3.35. The van der Waals surface area contributed by atoms with Gasteiger partial charge in [-0.1, -0.05) is 19.3 Å². The number of hydrogen-bond acceptors (Lipinski definition) is 1. The molecule has 2 rings (SSSR count). The van der Waals surface area contributed by atoms with Crippen LogP contribution in [0, 0.1) is 3.57 Å². The van der Waals surface area contributed by atoms with Crippen molar-refractivity contribution in [2.75, 3.05) is 5.32 Å². The first-order valence-corrected chi connectivity index (χ1v) is 7.18. The minimum atomic E-state index is -4.26. The van der Waals surface area contributed by atoms with E-state index in [0.29, 0.717) is 9.61 Å². The fraction of sp³-hybridized carbons (Fsp3) is 0.538. The van der Waals surface area contributed by atoms with Gasteiger partial charge in [0.1, 0.15) is 0 Å². The number of alkyl halides is 3. The van der Waals surface area contributed by atoms with E-state index in [4.69, 9.17) is 0 Å². The summed E-state index contributed by atoms with van der Waals surface area (Å²) in [6.07, 6.45) is 1.63. The molecule has 0 saturated heterocycles. The van der Waals surface area contributed by atoms with Crippen molar-refractivity contribution in [2.45, 2.75) is 44.3 Å². The molecule has 0 atom stereocenters. The molecule has 18 heavy (non-hydrogen) atoms. The van der Waals surface area contributed by atoms with E-state index in [1.54, 1.807) is 6.07 Å². The van der Waals surface area contributed by atoms with Crippen molar-refractivity contribution in [2.24, 2.45) is 0 Å². The average molecular weight is 369 g/mol. The molecule has 0 unspecified atom stereocenters. The summed E-state index contributed by atoms with van der Waals surface area (Å²) in [5.74, 6) is 0. The predicted octanol–water partition coefficient (Wildman–Crippen LogP) is 5.05. The highest BCUT2D eigenvalue weighted by atomic mass is 127. The summed E-state index contributed by atoms with van der Waals surface area (Å²) < 4.78 is 38.2. The van der Waals surface area contributed by atoms with Gasteiger partial charge in [0, 0.05) is 15.3 Å². The molecule has 0 bridgehead atoms. The van der Waals surface area contributed by atoms with Crippen LogP contribution in [0.5, 0.6) is 0 Å². The molecule has 1 N–H and O–H groups in total. The third-order valence-corrected chi connectivity index (χ3v) is 4.15. The first kappa shape index (κ1) is 14.0. The fourth-order valence-electron chi connectivity index (χ4n) is 2.28. The molecule has 0 radical (unpaired) electrons. The van der Waals surface area contributed by atoms with E-state index in [1.165, 1.54) is 25.3 Å². The van der Waals surface area contributed by atoms with Gasteiger partial charge < -0.3 is 5.32 Å². The van der Waals surface area contributed by atoms with Crippen molar-refractivity contribution in [3.05, 3.63) is 27.3 Å². The van der Waals surface area contributed by atoms with Crippen LogP contribution in [0.2, 0.25) is 0 Å². The number of hydrogen-bond donors (Lipinski definition) is 1. The third-order valence-electron chi connectivity index (χ3n) is 3.26. The summed E-state index contributed by atoms with van der Waals surface area (Å²) in [6.45, 7) is 0. The lowest BCUT2D eigenvalue weighted by Gasteiger charge is -2.24. The monoisotopic (exact) mass is 369 g/mol. The largest absolute Gasteiger partial charge is 0.416 e. The van der Waals surface area contributed by atoms with Gasteiger partial charge in [-0.3, -0.25) is 0 Å². The maximum absolute atomic E-state index is 12.5. The SMILES string of the molecule is FC(F)(F)c1ccc(NC2CCCCC2)c(I)c1. The topological polar surface area (TPSA) is 12.0 Å². The Labute approximate surface area is 118 Å². The average Bonchev–Trinajstić information content (AvgIpc) is 2.32. The molecule has 0 amide bonds. The van der Waals surface area contributed by atoms with Crippen LogP contribution < -0.4 is 5.32 Å². The highest BCUT2D eigenvalue weighted by Crippen LogP contribution is 2.33. The first-order valence-electron chi connectivity index (χ1n) is 6.10. The molecular formula is C13H15F3IN. The van der Waals surface area contributed by atoms with Crippen LogP contribution in [-0.2, 0) is 6.18 Å². The summed E-state index contributed by atoms with van der Waals surface area (Å²) in [5.41, 5.74) is 0.233. The second kappa shape index (κ2) is 5.67. The van der Waals surface area contributed by atoms with Crippen molar-refractivity contribution in [1.29, 1.82) is 0 Å². The van der Waals surface area contributed by atoms with Gasteiger partial charge in [-0.05, 0) is 53.6 Å².